The van der Waals surface area contributed by atoms with E-state index >= 15 is 0 Å². The Labute approximate surface area is 183 Å². The van der Waals surface area contributed by atoms with Gasteiger partial charge in [-0.05, 0) is 48.2 Å². The number of rotatable bonds is 6. The minimum atomic E-state index is -0.771. The van der Waals surface area contributed by atoms with Crippen molar-refractivity contribution in [2.24, 2.45) is 0 Å². The van der Waals surface area contributed by atoms with Crippen LogP contribution in [0.5, 0.6) is 0 Å². The number of carbonyl (C=O) groups is 1. The van der Waals surface area contributed by atoms with Crippen molar-refractivity contribution in [3.8, 4) is 11.1 Å². The topological polar surface area (TPSA) is 62.7 Å². The molecule has 1 aromatic heterocycles. The third-order valence-corrected chi connectivity index (χ3v) is 6.18. The van der Waals surface area contributed by atoms with Gasteiger partial charge in [-0.25, -0.2) is 4.79 Å². The molecule has 5 nitrogen and oxygen atoms in total. The first-order chi connectivity index (χ1) is 15.0. The zero-order valence-electron chi connectivity index (χ0n) is 18.0. The number of aromatic nitrogens is 1. The van der Waals surface area contributed by atoms with Gasteiger partial charge in [-0.3, -0.25) is 4.98 Å². The van der Waals surface area contributed by atoms with Gasteiger partial charge in [-0.15, -0.1) is 0 Å². The fourth-order valence-corrected chi connectivity index (χ4v) is 4.33. The number of ether oxygens (including phenoxy) is 1. The molecule has 4 rings (SSSR count). The molecular weight excluding hydrogens is 388 g/mol. The predicted molar refractivity (Wildman–Crippen MR) is 120 cm³/mol. The smallest absolute Gasteiger partial charge is 0.411 e. The number of amides is 1. The number of aryl methyl sites for hydroxylation is 1. The van der Waals surface area contributed by atoms with Gasteiger partial charge in [0.15, 0.2) is 0 Å². The highest BCUT2D eigenvalue weighted by Gasteiger charge is 2.43. The Morgan fingerprint density at radius 2 is 1.84 bits per heavy atom. The van der Waals surface area contributed by atoms with Crippen LogP contribution in [0.3, 0.4) is 0 Å². The molecular formula is C26H28N2O3. The first kappa shape index (κ1) is 21.1. The van der Waals surface area contributed by atoms with E-state index in [-0.39, 0.29) is 18.7 Å². The number of cyclic esters (lactones) is 1. The maximum absolute atomic E-state index is 13.0. The van der Waals surface area contributed by atoms with Crippen LogP contribution in [0.2, 0.25) is 0 Å². The largest absolute Gasteiger partial charge is 0.438 e. The summed E-state index contributed by atoms with van der Waals surface area (Å²) >= 11 is 0. The summed E-state index contributed by atoms with van der Waals surface area (Å²) in [5.41, 5.74) is 4.44. The number of aliphatic hydroxyl groups is 1. The number of pyridine rings is 1. The van der Waals surface area contributed by atoms with Crippen LogP contribution in [-0.2, 0) is 10.3 Å². The number of carbonyl (C=O) groups excluding carboxylic acids is 1. The van der Waals surface area contributed by atoms with Crippen LogP contribution in [0, 0.1) is 6.92 Å². The van der Waals surface area contributed by atoms with Crippen molar-refractivity contribution in [3.05, 3.63) is 89.7 Å². The Morgan fingerprint density at radius 1 is 1.10 bits per heavy atom. The first-order valence-corrected chi connectivity index (χ1v) is 10.7. The zero-order valence-corrected chi connectivity index (χ0v) is 18.0. The Hall–Kier alpha value is -3.18. The molecule has 1 fully saturated rings. The lowest BCUT2D eigenvalue weighted by atomic mass is 9.85. The van der Waals surface area contributed by atoms with Gasteiger partial charge in [-0.1, -0.05) is 54.6 Å². The molecule has 0 aliphatic carbocycles. The van der Waals surface area contributed by atoms with Crippen molar-refractivity contribution >= 4 is 6.09 Å². The maximum Gasteiger partial charge on any atom is 0.411 e. The van der Waals surface area contributed by atoms with Gasteiger partial charge >= 0.3 is 6.09 Å². The van der Waals surface area contributed by atoms with E-state index in [0.29, 0.717) is 19.4 Å². The minimum absolute atomic E-state index is 0.0341. The normalized spacial score (nSPS) is 19.7. The third kappa shape index (κ3) is 4.32. The molecule has 0 bridgehead atoms. The van der Waals surface area contributed by atoms with Gasteiger partial charge in [0.05, 0.1) is 6.04 Å². The van der Waals surface area contributed by atoms with Crippen LogP contribution in [0.15, 0.2) is 72.9 Å². The molecule has 1 aliphatic heterocycles. The van der Waals surface area contributed by atoms with Crippen molar-refractivity contribution in [2.45, 2.75) is 38.3 Å². The second kappa shape index (κ2) is 8.90. The lowest BCUT2D eigenvalue weighted by molar-refractivity contribution is -0.0718. The molecule has 2 atom stereocenters. The second-order valence-corrected chi connectivity index (χ2v) is 8.13. The molecule has 1 saturated heterocycles. The molecule has 1 amide bonds. The Kier molecular flexibility index (Phi) is 6.05. The van der Waals surface area contributed by atoms with Crippen molar-refractivity contribution in [1.29, 1.82) is 0 Å². The number of hydrogen-bond donors (Lipinski definition) is 1. The summed E-state index contributed by atoms with van der Waals surface area (Å²) in [5, 5.41) is 9.61. The minimum Gasteiger partial charge on any atom is -0.438 e. The van der Waals surface area contributed by atoms with Crippen molar-refractivity contribution < 1.29 is 14.6 Å². The quantitative estimate of drug-likeness (QED) is 0.597. The molecule has 0 spiro atoms. The number of hydrogen-bond acceptors (Lipinski definition) is 4. The van der Waals surface area contributed by atoms with Gasteiger partial charge < -0.3 is 14.7 Å². The molecule has 1 aliphatic rings. The van der Waals surface area contributed by atoms with Gasteiger partial charge in [0, 0.05) is 37.9 Å². The second-order valence-electron chi connectivity index (χ2n) is 8.13. The lowest BCUT2D eigenvalue weighted by Crippen LogP contribution is -2.49. The molecule has 2 aromatic carbocycles. The van der Waals surface area contributed by atoms with Crippen LogP contribution in [0.25, 0.3) is 11.1 Å². The van der Waals surface area contributed by atoms with E-state index in [1.54, 1.807) is 4.90 Å². The van der Waals surface area contributed by atoms with Crippen LogP contribution in [-0.4, -0.2) is 34.2 Å². The summed E-state index contributed by atoms with van der Waals surface area (Å²) < 4.78 is 5.98. The third-order valence-electron chi connectivity index (χ3n) is 6.18. The van der Waals surface area contributed by atoms with Crippen molar-refractivity contribution in [1.82, 2.24) is 9.88 Å². The number of aliphatic hydroxyl groups excluding tert-OH is 1. The SMILES string of the molecule is Cc1cc(-c2ccc([C@H](C)N3CC[C@](CCO)(c4ccccc4)OC3=O)cc2)ccn1. The molecule has 31 heavy (non-hydrogen) atoms. The summed E-state index contributed by atoms with van der Waals surface area (Å²) in [5.74, 6) is 0. The molecule has 0 unspecified atom stereocenters. The van der Waals surface area contributed by atoms with E-state index in [0.717, 1.165) is 27.9 Å². The highest BCUT2D eigenvalue weighted by molar-refractivity contribution is 5.70. The highest BCUT2D eigenvalue weighted by Crippen LogP contribution is 2.39. The lowest BCUT2D eigenvalue weighted by Gasteiger charge is -2.43. The monoisotopic (exact) mass is 416 g/mol. The van der Waals surface area contributed by atoms with Crippen LogP contribution in [0.1, 0.15) is 42.6 Å². The summed E-state index contributed by atoms with van der Waals surface area (Å²) in [6, 6.07) is 22.0. The maximum atomic E-state index is 13.0. The van der Waals surface area contributed by atoms with Gasteiger partial charge in [-0.2, -0.15) is 0 Å². The molecule has 2 heterocycles. The van der Waals surface area contributed by atoms with Crippen LogP contribution in [0.4, 0.5) is 4.79 Å². The van der Waals surface area contributed by atoms with E-state index in [4.69, 9.17) is 4.74 Å². The van der Waals surface area contributed by atoms with E-state index in [9.17, 15) is 9.90 Å². The average Bonchev–Trinajstić information content (AvgIpc) is 2.80. The molecule has 5 heteroatoms. The summed E-state index contributed by atoms with van der Waals surface area (Å²) in [6.07, 6.45) is 2.51. The fraction of sp³-hybridized carbons (Fsp3) is 0.308. The summed E-state index contributed by atoms with van der Waals surface area (Å²) in [7, 11) is 0. The van der Waals surface area contributed by atoms with Gasteiger partial charge in [0.1, 0.15) is 5.60 Å². The molecule has 0 radical (unpaired) electrons. The summed E-state index contributed by atoms with van der Waals surface area (Å²) in [6.45, 7) is 4.54. The van der Waals surface area contributed by atoms with E-state index < -0.39 is 5.60 Å². The zero-order chi connectivity index (χ0) is 21.8. The van der Waals surface area contributed by atoms with Crippen molar-refractivity contribution in [2.75, 3.05) is 13.2 Å². The van der Waals surface area contributed by atoms with Gasteiger partial charge in [0.25, 0.3) is 0 Å². The van der Waals surface area contributed by atoms with Crippen LogP contribution >= 0.6 is 0 Å². The van der Waals surface area contributed by atoms with Crippen molar-refractivity contribution in [3.63, 3.8) is 0 Å². The molecule has 160 valence electrons. The van der Waals surface area contributed by atoms with E-state index in [2.05, 4.69) is 35.3 Å². The van der Waals surface area contributed by atoms with Gasteiger partial charge in [0.2, 0.25) is 0 Å². The number of benzene rings is 2. The highest BCUT2D eigenvalue weighted by atomic mass is 16.6. The Morgan fingerprint density at radius 3 is 2.48 bits per heavy atom. The molecule has 0 saturated carbocycles. The Bertz CT molecular complexity index is 1040. The predicted octanol–water partition coefficient (Wildman–Crippen LogP) is 5.24. The fourth-order valence-electron chi connectivity index (χ4n) is 4.33. The molecule has 3 aromatic rings. The Balaban J connectivity index is 1.51. The van der Waals surface area contributed by atoms with E-state index in [1.165, 1.54) is 0 Å². The standard InChI is InChI=1S/C26H28N2O3/c1-19-18-23(12-15-27-19)22-10-8-21(9-11-22)20(2)28-16-13-26(14-17-29,31-25(28)30)24-6-4-3-5-7-24/h3-12,15,18,20,29H,13-14,16-17H2,1-2H3/t20-,26-/m0/s1. The van der Waals surface area contributed by atoms with Crippen LogP contribution < -0.4 is 0 Å². The average molecular weight is 417 g/mol. The first-order valence-electron chi connectivity index (χ1n) is 10.7. The molecule has 1 N–H and O–H groups in total. The van der Waals surface area contributed by atoms with E-state index in [1.807, 2.05) is 56.4 Å². The summed E-state index contributed by atoms with van der Waals surface area (Å²) in [4.78, 5) is 19.0. The number of nitrogens with zero attached hydrogens (tertiary/aromatic N) is 2.